The van der Waals surface area contributed by atoms with E-state index in [2.05, 4.69) is 17.6 Å². The second-order valence-electron chi connectivity index (χ2n) is 13.5. The molecular formula is C38H53N3O4. The van der Waals surface area contributed by atoms with Gasteiger partial charge in [-0.2, -0.15) is 0 Å². The van der Waals surface area contributed by atoms with E-state index in [-0.39, 0.29) is 17.7 Å². The van der Waals surface area contributed by atoms with Crippen LogP contribution in [0, 0.1) is 19.8 Å². The first kappa shape index (κ1) is 35.6. The Hall–Kier alpha value is -3.87. The molecule has 2 unspecified atom stereocenters. The van der Waals surface area contributed by atoms with Gasteiger partial charge in [0.05, 0.1) is 0 Å². The van der Waals surface area contributed by atoms with Crippen LogP contribution in [0.5, 0.6) is 0 Å². The molecule has 0 fully saturated rings. The summed E-state index contributed by atoms with van der Waals surface area (Å²) in [5.74, 6) is -0.461. The average molecular weight is 616 g/mol. The lowest BCUT2D eigenvalue weighted by molar-refractivity contribution is -0.141. The number of amides is 3. The van der Waals surface area contributed by atoms with Crippen LogP contribution in [0.1, 0.15) is 103 Å². The maximum absolute atomic E-state index is 14.6. The predicted octanol–water partition coefficient (Wildman–Crippen LogP) is 8.87. The van der Waals surface area contributed by atoms with Gasteiger partial charge in [0.1, 0.15) is 17.7 Å². The van der Waals surface area contributed by atoms with Gasteiger partial charge in [0.2, 0.25) is 5.91 Å². The number of carbonyl (C=O) groups is 3. The van der Waals surface area contributed by atoms with Crippen LogP contribution in [-0.2, 0) is 14.3 Å². The molecule has 0 aliphatic rings. The minimum atomic E-state index is -0.898. The lowest BCUT2D eigenvalue weighted by atomic mass is 9.94. The molecule has 0 radical (unpaired) electrons. The quantitative estimate of drug-likeness (QED) is 0.177. The van der Waals surface area contributed by atoms with Crippen molar-refractivity contribution in [1.29, 1.82) is 0 Å². The molecule has 0 aliphatic heterocycles. The first-order chi connectivity index (χ1) is 21.3. The van der Waals surface area contributed by atoms with E-state index in [0.29, 0.717) is 18.7 Å². The van der Waals surface area contributed by atoms with Gasteiger partial charge >= 0.3 is 6.09 Å². The monoisotopic (exact) mass is 615 g/mol. The average Bonchev–Trinajstić information content (AvgIpc) is 2.96. The van der Waals surface area contributed by atoms with Gasteiger partial charge in [-0.25, -0.2) is 4.79 Å². The molecule has 3 rings (SSSR count). The molecule has 3 amide bonds. The van der Waals surface area contributed by atoms with Gasteiger partial charge < -0.3 is 20.3 Å². The Bertz CT molecular complexity index is 1440. The van der Waals surface area contributed by atoms with Crippen LogP contribution >= 0.6 is 0 Å². The summed E-state index contributed by atoms with van der Waals surface area (Å²) in [5.41, 5.74) is 2.72. The zero-order valence-corrected chi connectivity index (χ0v) is 28.5. The van der Waals surface area contributed by atoms with Crippen LogP contribution in [0.15, 0.2) is 60.7 Å². The lowest BCUT2D eigenvalue weighted by Gasteiger charge is -2.36. The maximum atomic E-state index is 14.6. The van der Waals surface area contributed by atoms with Crippen LogP contribution in [0.25, 0.3) is 10.8 Å². The molecular weight excluding hydrogens is 562 g/mol. The van der Waals surface area contributed by atoms with Gasteiger partial charge in [0.25, 0.3) is 5.91 Å². The van der Waals surface area contributed by atoms with Crippen LogP contribution < -0.4 is 10.6 Å². The van der Waals surface area contributed by atoms with Crippen LogP contribution in [0.3, 0.4) is 0 Å². The van der Waals surface area contributed by atoms with Crippen molar-refractivity contribution in [3.63, 3.8) is 0 Å². The van der Waals surface area contributed by atoms with Gasteiger partial charge in [0, 0.05) is 12.2 Å². The smallest absolute Gasteiger partial charge is 0.408 e. The number of nitrogens with zero attached hydrogens (tertiary/aromatic N) is 1. The Labute approximate surface area is 270 Å². The molecule has 0 saturated heterocycles. The van der Waals surface area contributed by atoms with Crippen molar-refractivity contribution in [2.45, 2.75) is 112 Å². The fraction of sp³-hybridized carbons (Fsp3) is 0.500. The highest BCUT2D eigenvalue weighted by molar-refractivity contribution is 6.00. The van der Waals surface area contributed by atoms with E-state index in [0.717, 1.165) is 59.6 Å². The summed E-state index contributed by atoms with van der Waals surface area (Å²) in [6.45, 7) is 16.0. The van der Waals surface area contributed by atoms with E-state index in [1.165, 1.54) is 0 Å². The third-order valence-electron chi connectivity index (χ3n) is 8.00. The summed E-state index contributed by atoms with van der Waals surface area (Å²) in [6, 6.07) is 18.0. The molecule has 0 aromatic heterocycles. The minimum absolute atomic E-state index is 0.117. The topological polar surface area (TPSA) is 87.7 Å². The van der Waals surface area contributed by atoms with Gasteiger partial charge in [-0.05, 0) is 93.0 Å². The Morgan fingerprint density at radius 3 is 2.22 bits per heavy atom. The number of hydrogen-bond acceptors (Lipinski definition) is 4. The number of ether oxygens (including phenoxy) is 1. The molecule has 2 atom stereocenters. The SMILES string of the molecule is CCCCCCCN(C(=O)C(CC(C)C)NC(=O)OC(C)(C)C)C(C(=O)Nc1ccc2ccccc2c1)c1cccc(C)c1C. The number of fused-ring (bicyclic) bond motifs is 1. The Balaban J connectivity index is 2.07. The van der Waals surface area contributed by atoms with E-state index in [9.17, 15) is 14.4 Å². The number of alkyl carbamates (subject to hydrolysis) is 1. The Morgan fingerprint density at radius 2 is 1.56 bits per heavy atom. The molecule has 7 nitrogen and oxygen atoms in total. The third kappa shape index (κ3) is 10.6. The number of carbonyl (C=O) groups excluding carboxylic acids is 3. The van der Waals surface area contributed by atoms with Crippen molar-refractivity contribution in [2.75, 3.05) is 11.9 Å². The van der Waals surface area contributed by atoms with E-state index < -0.39 is 23.8 Å². The number of benzene rings is 3. The number of hydrogen-bond donors (Lipinski definition) is 2. The molecule has 7 heteroatoms. The summed E-state index contributed by atoms with van der Waals surface area (Å²) in [5, 5.41) is 8.08. The molecule has 0 saturated carbocycles. The highest BCUT2D eigenvalue weighted by Crippen LogP contribution is 2.30. The van der Waals surface area contributed by atoms with E-state index in [4.69, 9.17) is 4.74 Å². The van der Waals surface area contributed by atoms with Crippen molar-refractivity contribution in [3.8, 4) is 0 Å². The summed E-state index contributed by atoms with van der Waals surface area (Å²) in [6.07, 6.45) is 4.74. The first-order valence-electron chi connectivity index (χ1n) is 16.5. The van der Waals surface area contributed by atoms with Crippen LogP contribution in [0.4, 0.5) is 10.5 Å². The standard InChI is InChI=1S/C38H53N3O4/c1-9-10-11-12-15-23-41(36(43)33(24-26(2)3)40-37(44)45-38(6,7)8)34(32-20-16-17-27(4)28(32)5)35(42)39-31-22-21-29-18-13-14-19-30(29)25-31/h13-14,16-22,25-26,33-34H,9-12,15,23-24H2,1-8H3,(H,39,42)(H,40,44). The van der Waals surface area contributed by atoms with Crippen molar-refractivity contribution in [3.05, 3.63) is 77.4 Å². The zero-order valence-electron chi connectivity index (χ0n) is 28.5. The van der Waals surface area contributed by atoms with Gasteiger partial charge in [0.15, 0.2) is 0 Å². The number of nitrogens with one attached hydrogen (secondary N) is 2. The van der Waals surface area contributed by atoms with Crippen LogP contribution in [-0.4, -0.2) is 41.0 Å². The molecule has 0 heterocycles. The predicted molar refractivity (Wildman–Crippen MR) is 184 cm³/mol. The summed E-state index contributed by atoms with van der Waals surface area (Å²) >= 11 is 0. The molecule has 45 heavy (non-hydrogen) atoms. The molecule has 0 bridgehead atoms. The van der Waals surface area contributed by atoms with Crippen LogP contribution in [0.2, 0.25) is 0 Å². The molecule has 0 aliphatic carbocycles. The number of aryl methyl sites for hydroxylation is 1. The van der Waals surface area contributed by atoms with E-state index >= 15 is 0 Å². The second-order valence-corrected chi connectivity index (χ2v) is 13.5. The fourth-order valence-electron chi connectivity index (χ4n) is 5.59. The Kier molecular flexibility index (Phi) is 13.0. The summed E-state index contributed by atoms with van der Waals surface area (Å²) in [7, 11) is 0. The van der Waals surface area contributed by atoms with Gasteiger partial charge in [-0.1, -0.05) is 95.0 Å². The Morgan fingerprint density at radius 1 is 0.867 bits per heavy atom. The normalized spacial score (nSPS) is 12.9. The zero-order chi connectivity index (χ0) is 33.1. The second kappa shape index (κ2) is 16.4. The molecule has 244 valence electrons. The molecule has 0 spiro atoms. The molecule has 3 aromatic rings. The highest BCUT2D eigenvalue weighted by atomic mass is 16.6. The third-order valence-corrected chi connectivity index (χ3v) is 8.00. The summed E-state index contributed by atoms with van der Waals surface area (Å²) < 4.78 is 5.55. The van der Waals surface area contributed by atoms with E-state index in [1.54, 1.807) is 25.7 Å². The van der Waals surface area contributed by atoms with Gasteiger partial charge in [-0.15, -0.1) is 0 Å². The van der Waals surface area contributed by atoms with Crippen molar-refractivity contribution < 1.29 is 19.1 Å². The number of rotatable bonds is 14. The highest BCUT2D eigenvalue weighted by Gasteiger charge is 2.37. The van der Waals surface area contributed by atoms with E-state index in [1.807, 2.05) is 88.4 Å². The maximum Gasteiger partial charge on any atom is 0.408 e. The molecule has 3 aromatic carbocycles. The van der Waals surface area contributed by atoms with Crippen molar-refractivity contribution in [2.24, 2.45) is 5.92 Å². The fourth-order valence-corrected chi connectivity index (χ4v) is 5.59. The number of anilines is 1. The van der Waals surface area contributed by atoms with Crippen molar-refractivity contribution >= 4 is 34.4 Å². The number of unbranched alkanes of at least 4 members (excludes halogenated alkanes) is 4. The van der Waals surface area contributed by atoms with Gasteiger partial charge in [-0.3, -0.25) is 9.59 Å². The lowest BCUT2D eigenvalue weighted by Crippen LogP contribution is -2.53. The first-order valence-corrected chi connectivity index (χ1v) is 16.5. The summed E-state index contributed by atoms with van der Waals surface area (Å²) in [4.78, 5) is 43.7. The minimum Gasteiger partial charge on any atom is -0.444 e. The largest absolute Gasteiger partial charge is 0.444 e. The molecule has 2 N–H and O–H groups in total. The van der Waals surface area contributed by atoms with Crippen molar-refractivity contribution in [1.82, 2.24) is 10.2 Å².